The zero-order chi connectivity index (χ0) is 13.7. The van der Waals surface area contributed by atoms with Gasteiger partial charge in [-0.1, -0.05) is 38.1 Å². The minimum Gasteiger partial charge on any atom is -0.319 e. The van der Waals surface area contributed by atoms with Crippen LogP contribution in [0.2, 0.25) is 0 Å². The van der Waals surface area contributed by atoms with Gasteiger partial charge in [-0.05, 0) is 30.5 Å². The summed E-state index contributed by atoms with van der Waals surface area (Å²) in [7, 11) is 1.97. The van der Waals surface area contributed by atoms with Gasteiger partial charge in [-0.3, -0.25) is 0 Å². The van der Waals surface area contributed by atoms with Crippen molar-refractivity contribution in [3.8, 4) is 10.4 Å². The van der Waals surface area contributed by atoms with Crippen LogP contribution >= 0.6 is 11.3 Å². The maximum absolute atomic E-state index is 4.48. The zero-order valence-electron chi connectivity index (χ0n) is 11.9. The Bertz CT molecular complexity index is 500. The van der Waals surface area contributed by atoms with Crippen LogP contribution in [0.5, 0.6) is 0 Å². The maximum Gasteiger partial charge on any atom is 0.0943 e. The van der Waals surface area contributed by atoms with Crippen LogP contribution in [0.3, 0.4) is 0 Å². The molecule has 0 aliphatic heterocycles. The van der Waals surface area contributed by atoms with Gasteiger partial charge in [-0.25, -0.2) is 4.98 Å². The number of aromatic nitrogens is 1. The van der Waals surface area contributed by atoms with Crippen LogP contribution in [0, 0.1) is 5.92 Å². The average Bonchev–Trinajstić information content (AvgIpc) is 2.85. The third kappa shape index (κ3) is 4.15. The number of nitrogens with one attached hydrogen (secondary N) is 1. The largest absolute Gasteiger partial charge is 0.319 e. The molecule has 1 heterocycles. The molecule has 3 heteroatoms. The van der Waals surface area contributed by atoms with Gasteiger partial charge in [0, 0.05) is 19.2 Å². The third-order valence-corrected chi connectivity index (χ3v) is 4.13. The second-order valence-corrected chi connectivity index (χ2v) is 6.38. The maximum atomic E-state index is 4.48. The molecule has 0 saturated carbocycles. The summed E-state index contributed by atoms with van der Waals surface area (Å²) in [6.45, 7) is 5.50. The van der Waals surface area contributed by atoms with Crippen molar-refractivity contribution in [2.24, 2.45) is 5.92 Å². The van der Waals surface area contributed by atoms with Gasteiger partial charge < -0.3 is 5.32 Å². The molecule has 1 aromatic heterocycles. The van der Waals surface area contributed by atoms with E-state index in [1.807, 2.05) is 13.2 Å². The summed E-state index contributed by atoms with van der Waals surface area (Å²) in [5.41, 5.74) is 2.69. The summed E-state index contributed by atoms with van der Waals surface area (Å²) in [6, 6.07) is 8.91. The van der Waals surface area contributed by atoms with Gasteiger partial charge in [-0.2, -0.15) is 0 Å². The second kappa shape index (κ2) is 6.83. The van der Waals surface area contributed by atoms with Crippen molar-refractivity contribution < 1.29 is 0 Å². The Morgan fingerprint density at radius 1 is 1.21 bits per heavy atom. The predicted molar refractivity (Wildman–Crippen MR) is 83.7 cm³/mol. The zero-order valence-corrected chi connectivity index (χ0v) is 12.8. The minimum absolute atomic E-state index is 0.711. The molecule has 19 heavy (non-hydrogen) atoms. The van der Waals surface area contributed by atoms with Crippen LogP contribution < -0.4 is 5.32 Å². The molecule has 1 aromatic carbocycles. The van der Waals surface area contributed by atoms with Gasteiger partial charge in [-0.15, -0.1) is 11.3 Å². The minimum atomic E-state index is 0.711. The molecule has 0 saturated heterocycles. The summed E-state index contributed by atoms with van der Waals surface area (Å²) in [6.07, 6.45) is 4.15. The first kappa shape index (κ1) is 14.2. The number of hydrogen-bond acceptors (Lipinski definition) is 3. The Balaban J connectivity index is 2.07. The van der Waals surface area contributed by atoms with Crippen LogP contribution in [0.1, 0.15) is 24.4 Å². The molecule has 2 aromatic rings. The normalized spacial score (nSPS) is 11.2. The quantitative estimate of drug-likeness (QED) is 0.867. The Morgan fingerprint density at radius 2 is 1.95 bits per heavy atom. The molecule has 2 rings (SSSR count). The topological polar surface area (TPSA) is 24.9 Å². The molecule has 0 atom stereocenters. The number of thiazole rings is 1. The Kier molecular flexibility index (Phi) is 5.11. The first-order chi connectivity index (χ1) is 9.19. The molecule has 0 unspecified atom stereocenters. The molecule has 0 radical (unpaired) electrons. The molecule has 0 amide bonds. The second-order valence-electron chi connectivity index (χ2n) is 5.27. The monoisotopic (exact) mass is 274 g/mol. The highest BCUT2D eigenvalue weighted by molar-refractivity contribution is 7.15. The lowest BCUT2D eigenvalue weighted by Gasteiger charge is -2.05. The summed E-state index contributed by atoms with van der Waals surface area (Å²) in [5, 5.41) is 4.36. The van der Waals surface area contributed by atoms with Crippen LogP contribution in [0.15, 0.2) is 30.5 Å². The smallest absolute Gasteiger partial charge is 0.0943 e. The van der Waals surface area contributed by atoms with E-state index < -0.39 is 0 Å². The lowest BCUT2D eigenvalue weighted by Crippen LogP contribution is -2.09. The van der Waals surface area contributed by atoms with E-state index in [0.29, 0.717) is 5.92 Å². The van der Waals surface area contributed by atoms with Crippen molar-refractivity contribution in [1.82, 2.24) is 10.3 Å². The van der Waals surface area contributed by atoms with Crippen molar-refractivity contribution in [3.63, 3.8) is 0 Å². The van der Waals surface area contributed by atoms with Crippen LogP contribution in [0.4, 0.5) is 0 Å². The summed E-state index contributed by atoms with van der Waals surface area (Å²) in [4.78, 5) is 5.75. The van der Waals surface area contributed by atoms with Crippen molar-refractivity contribution >= 4 is 11.3 Å². The Labute approximate surface area is 119 Å². The molecule has 0 aliphatic rings. The van der Waals surface area contributed by atoms with E-state index in [4.69, 9.17) is 0 Å². The van der Waals surface area contributed by atoms with Crippen LogP contribution in [0.25, 0.3) is 10.4 Å². The highest BCUT2D eigenvalue weighted by atomic mass is 32.1. The molecule has 0 spiro atoms. The van der Waals surface area contributed by atoms with E-state index in [1.54, 1.807) is 11.3 Å². The number of likely N-dealkylation sites (N-methyl/N-ethyl adjacent to an activating group) is 1. The predicted octanol–water partition coefficient (Wildman–Crippen LogP) is 3.77. The molecule has 102 valence electrons. The fourth-order valence-corrected chi connectivity index (χ4v) is 2.99. The van der Waals surface area contributed by atoms with Crippen molar-refractivity contribution in [2.75, 3.05) is 13.6 Å². The van der Waals surface area contributed by atoms with E-state index in [1.165, 1.54) is 21.0 Å². The Hall–Kier alpha value is -1.19. The molecular formula is C16H22N2S. The van der Waals surface area contributed by atoms with Gasteiger partial charge in [0.25, 0.3) is 0 Å². The van der Waals surface area contributed by atoms with E-state index in [9.17, 15) is 0 Å². The van der Waals surface area contributed by atoms with Crippen molar-refractivity contribution in [2.45, 2.75) is 26.7 Å². The van der Waals surface area contributed by atoms with Gasteiger partial charge in [0.05, 0.1) is 9.88 Å². The van der Waals surface area contributed by atoms with Gasteiger partial charge in [0.1, 0.15) is 0 Å². The number of nitrogens with zero attached hydrogens (tertiary/aromatic N) is 1. The fourth-order valence-electron chi connectivity index (χ4n) is 2.07. The number of rotatable bonds is 6. The standard InChI is InChI=1S/C16H22N2S/c1-12(2)10-13-4-6-14(7-5-13)15-11-18-16(19-15)8-9-17-3/h4-7,11-12,17H,8-10H2,1-3H3. The van der Waals surface area contributed by atoms with E-state index in [2.05, 4.69) is 48.4 Å². The lowest BCUT2D eigenvalue weighted by atomic mass is 10.0. The molecule has 0 bridgehead atoms. The van der Waals surface area contributed by atoms with Crippen LogP contribution in [-0.2, 0) is 12.8 Å². The van der Waals surface area contributed by atoms with E-state index >= 15 is 0 Å². The fraction of sp³-hybridized carbons (Fsp3) is 0.438. The Morgan fingerprint density at radius 3 is 2.58 bits per heavy atom. The first-order valence-corrected chi connectivity index (χ1v) is 7.69. The first-order valence-electron chi connectivity index (χ1n) is 6.87. The van der Waals surface area contributed by atoms with Crippen molar-refractivity contribution in [3.05, 3.63) is 41.0 Å². The van der Waals surface area contributed by atoms with Gasteiger partial charge in [0.2, 0.25) is 0 Å². The van der Waals surface area contributed by atoms with E-state index in [-0.39, 0.29) is 0 Å². The summed E-state index contributed by atoms with van der Waals surface area (Å²) < 4.78 is 0. The SMILES string of the molecule is CNCCc1ncc(-c2ccc(CC(C)C)cc2)s1. The third-order valence-electron chi connectivity index (χ3n) is 3.02. The van der Waals surface area contributed by atoms with Crippen molar-refractivity contribution in [1.29, 1.82) is 0 Å². The summed E-state index contributed by atoms with van der Waals surface area (Å²) in [5.74, 6) is 0.711. The van der Waals surface area contributed by atoms with Gasteiger partial charge in [0.15, 0.2) is 0 Å². The highest BCUT2D eigenvalue weighted by Gasteiger charge is 2.05. The number of benzene rings is 1. The molecule has 2 nitrogen and oxygen atoms in total. The number of hydrogen-bond donors (Lipinski definition) is 1. The molecule has 0 fully saturated rings. The molecular weight excluding hydrogens is 252 g/mol. The lowest BCUT2D eigenvalue weighted by molar-refractivity contribution is 0.647. The van der Waals surface area contributed by atoms with Crippen LogP contribution in [-0.4, -0.2) is 18.6 Å². The molecule has 0 aliphatic carbocycles. The van der Waals surface area contributed by atoms with E-state index in [0.717, 1.165) is 19.4 Å². The highest BCUT2D eigenvalue weighted by Crippen LogP contribution is 2.26. The van der Waals surface area contributed by atoms with Gasteiger partial charge >= 0.3 is 0 Å². The summed E-state index contributed by atoms with van der Waals surface area (Å²) >= 11 is 1.79. The molecule has 1 N–H and O–H groups in total. The average molecular weight is 274 g/mol.